The topological polar surface area (TPSA) is 85.9 Å². The summed E-state index contributed by atoms with van der Waals surface area (Å²) in [5.74, 6) is 0.503. The number of ether oxygens (including phenoxy) is 2. The Balaban J connectivity index is 2.15. The maximum Gasteiger partial charge on any atom is 0.273 e. The number of para-hydroxylation sites is 1. The predicted molar refractivity (Wildman–Crippen MR) is 90.5 cm³/mol. The second-order valence-corrected chi connectivity index (χ2v) is 4.87. The van der Waals surface area contributed by atoms with Crippen molar-refractivity contribution in [2.24, 2.45) is 5.10 Å². The maximum absolute atomic E-state index is 12.0. The van der Waals surface area contributed by atoms with Crippen LogP contribution in [0.25, 0.3) is 0 Å². The van der Waals surface area contributed by atoms with Gasteiger partial charge in [-0.2, -0.15) is 5.10 Å². The van der Waals surface area contributed by atoms with Gasteiger partial charge in [-0.25, -0.2) is 5.43 Å². The number of nitrogens with two attached hydrogens (primary N) is 1. The highest BCUT2D eigenvalue weighted by molar-refractivity contribution is 6.34. The first-order valence-electron chi connectivity index (χ1n) is 6.67. The van der Waals surface area contributed by atoms with Crippen LogP contribution in [0, 0.1) is 0 Å². The van der Waals surface area contributed by atoms with Gasteiger partial charge in [0.2, 0.25) is 0 Å². The number of methoxy groups -OCH3 is 2. The number of carbonyl (C=O) groups is 1. The number of nitrogens with zero attached hydrogens (tertiary/aromatic N) is 1. The molecule has 0 saturated heterocycles. The van der Waals surface area contributed by atoms with Crippen molar-refractivity contribution in [2.45, 2.75) is 0 Å². The molecule has 7 heteroatoms. The second-order valence-electron chi connectivity index (χ2n) is 4.49. The van der Waals surface area contributed by atoms with E-state index in [1.54, 1.807) is 36.4 Å². The second kappa shape index (κ2) is 7.51. The lowest BCUT2D eigenvalue weighted by Crippen LogP contribution is -2.19. The molecule has 0 saturated carbocycles. The maximum atomic E-state index is 12.0. The van der Waals surface area contributed by atoms with E-state index in [9.17, 15) is 4.79 Å². The Morgan fingerprint density at radius 2 is 1.96 bits per heavy atom. The smallest absolute Gasteiger partial charge is 0.273 e. The van der Waals surface area contributed by atoms with Crippen molar-refractivity contribution in [1.29, 1.82) is 0 Å². The summed E-state index contributed by atoms with van der Waals surface area (Å²) in [6, 6.07) is 10.1. The average Bonchev–Trinajstić information content (AvgIpc) is 2.56. The Hall–Kier alpha value is -2.73. The number of amides is 1. The zero-order valence-corrected chi connectivity index (χ0v) is 13.4. The van der Waals surface area contributed by atoms with E-state index < -0.39 is 5.91 Å². The highest BCUT2D eigenvalue weighted by Gasteiger charge is 2.12. The molecule has 0 aliphatic rings. The Bertz CT molecular complexity index is 747. The number of nitrogen functional groups attached to an aromatic ring is 1. The van der Waals surface area contributed by atoms with Crippen LogP contribution >= 0.6 is 11.6 Å². The van der Waals surface area contributed by atoms with Crippen LogP contribution in [0.3, 0.4) is 0 Å². The van der Waals surface area contributed by atoms with E-state index in [-0.39, 0.29) is 0 Å². The minimum atomic E-state index is -0.407. The van der Waals surface area contributed by atoms with Gasteiger partial charge in [0, 0.05) is 11.3 Å². The van der Waals surface area contributed by atoms with E-state index in [2.05, 4.69) is 10.5 Å². The van der Waals surface area contributed by atoms with E-state index in [0.29, 0.717) is 33.3 Å². The summed E-state index contributed by atoms with van der Waals surface area (Å²) in [5, 5.41) is 4.23. The summed E-state index contributed by atoms with van der Waals surface area (Å²) >= 11 is 6.22. The molecule has 0 unspecified atom stereocenters. The van der Waals surface area contributed by atoms with Gasteiger partial charge in [-0.3, -0.25) is 4.79 Å². The summed E-state index contributed by atoms with van der Waals surface area (Å²) in [6.07, 6.45) is 1.42. The van der Waals surface area contributed by atoms with Crippen LogP contribution in [0.5, 0.6) is 11.5 Å². The number of hydrogen-bond donors (Lipinski definition) is 2. The van der Waals surface area contributed by atoms with Gasteiger partial charge < -0.3 is 15.2 Å². The standard InChI is InChI=1S/C16H16ClN3O3/c1-22-13-8-7-10(14(17)15(13)23-2)9-19-20-16(21)11-5-3-4-6-12(11)18/h3-9H,18H2,1-2H3,(H,20,21)/b19-9-. The molecule has 0 aliphatic heterocycles. The van der Waals surface area contributed by atoms with Gasteiger partial charge in [0.25, 0.3) is 5.91 Å². The third-order valence-electron chi connectivity index (χ3n) is 3.09. The number of hydrazone groups is 1. The van der Waals surface area contributed by atoms with Crippen LogP contribution in [0.2, 0.25) is 5.02 Å². The van der Waals surface area contributed by atoms with Gasteiger partial charge in [0.15, 0.2) is 11.5 Å². The Labute approximate surface area is 138 Å². The van der Waals surface area contributed by atoms with Crippen LogP contribution < -0.4 is 20.6 Å². The molecule has 2 aromatic carbocycles. The molecule has 0 aromatic heterocycles. The first-order valence-corrected chi connectivity index (χ1v) is 7.04. The molecule has 23 heavy (non-hydrogen) atoms. The molecular weight excluding hydrogens is 318 g/mol. The molecule has 0 heterocycles. The van der Waals surface area contributed by atoms with Gasteiger partial charge in [-0.05, 0) is 24.3 Å². The fraction of sp³-hybridized carbons (Fsp3) is 0.125. The zero-order chi connectivity index (χ0) is 16.8. The SMILES string of the molecule is COc1ccc(/C=N\NC(=O)c2ccccc2N)c(Cl)c1OC. The molecule has 2 rings (SSSR count). The van der Waals surface area contributed by atoms with E-state index in [1.807, 2.05) is 0 Å². The van der Waals surface area contributed by atoms with Crippen LogP contribution in [-0.2, 0) is 0 Å². The molecule has 0 fully saturated rings. The molecule has 0 spiro atoms. The fourth-order valence-electron chi connectivity index (χ4n) is 1.93. The van der Waals surface area contributed by atoms with Crippen molar-refractivity contribution in [3.05, 3.63) is 52.5 Å². The summed E-state index contributed by atoms with van der Waals surface area (Å²) in [7, 11) is 3.01. The van der Waals surface area contributed by atoms with E-state index in [0.717, 1.165) is 0 Å². The minimum absolute atomic E-state index is 0.337. The summed E-state index contributed by atoms with van der Waals surface area (Å²) in [6.45, 7) is 0. The van der Waals surface area contributed by atoms with Crippen molar-refractivity contribution >= 4 is 29.4 Å². The fourth-order valence-corrected chi connectivity index (χ4v) is 2.21. The highest BCUT2D eigenvalue weighted by Crippen LogP contribution is 2.36. The molecule has 2 aromatic rings. The normalized spacial score (nSPS) is 10.6. The van der Waals surface area contributed by atoms with Gasteiger partial charge in [-0.1, -0.05) is 23.7 Å². The van der Waals surface area contributed by atoms with Crippen molar-refractivity contribution in [1.82, 2.24) is 5.43 Å². The molecule has 3 N–H and O–H groups in total. The summed E-state index contributed by atoms with van der Waals surface area (Å²) in [5.41, 5.74) is 9.44. The molecule has 0 bridgehead atoms. The number of anilines is 1. The molecule has 1 amide bonds. The van der Waals surface area contributed by atoms with Crippen LogP contribution in [0.15, 0.2) is 41.5 Å². The first-order chi connectivity index (χ1) is 11.1. The largest absolute Gasteiger partial charge is 0.493 e. The predicted octanol–water partition coefficient (Wildman–Crippen LogP) is 2.70. The molecule has 0 atom stereocenters. The minimum Gasteiger partial charge on any atom is -0.493 e. The third kappa shape index (κ3) is 3.73. The Morgan fingerprint density at radius 3 is 2.61 bits per heavy atom. The van der Waals surface area contributed by atoms with Crippen molar-refractivity contribution < 1.29 is 14.3 Å². The first kappa shape index (κ1) is 16.6. The van der Waals surface area contributed by atoms with Gasteiger partial charge >= 0.3 is 0 Å². The Kier molecular flexibility index (Phi) is 5.43. The van der Waals surface area contributed by atoms with E-state index in [1.165, 1.54) is 20.4 Å². The van der Waals surface area contributed by atoms with Crippen molar-refractivity contribution in [3.63, 3.8) is 0 Å². The quantitative estimate of drug-likeness (QED) is 0.500. The van der Waals surface area contributed by atoms with E-state index in [4.69, 9.17) is 26.8 Å². The number of halogens is 1. The van der Waals surface area contributed by atoms with Gasteiger partial charge in [-0.15, -0.1) is 0 Å². The number of nitrogens with one attached hydrogen (secondary N) is 1. The molecular formula is C16H16ClN3O3. The van der Waals surface area contributed by atoms with Crippen LogP contribution in [0.4, 0.5) is 5.69 Å². The lowest BCUT2D eigenvalue weighted by molar-refractivity contribution is 0.0956. The van der Waals surface area contributed by atoms with Gasteiger partial charge in [0.05, 0.1) is 31.0 Å². The molecule has 120 valence electrons. The lowest BCUT2D eigenvalue weighted by Gasteiger charge is -2.10. The van der Waals surface area contributed by atoms with E-state index >= 15 is 0 Å². The number of carbonyl (C=O) groups excluding carboxylic acids is 1. The number of hydrogen-bond acceptors (Lipinski definition) is 5. The van der Waals surface area contributed by atoms with Crippen molar-refractivity contribution in [2.75, 3.05) is 20.0 Å². The third-order valence-corrected chi connectivity index (χ3v) is 3.48. The number of rotatable bonds is 5. The lowest BCUT2D eigenvalue weighted by atomic mass is 10.2. The van der Waals surface area contributed by atoms with Crippen LogP contribution in [-0.4, -0.2) is 26.3 Å². The summed E-state index contributed by atoms with van der Waals surface area (Å²) < 4.78 is 10.3. The summed E-state index contributed by atoms with van der Waals surface area (Å²) in [4.78, 5) is 12.0. The zero-order valence-electron chi connectivity index (χ0n) is 12.7. The monoisotopic (exact) mass is 333 g/mol. The van der Waals surface area contributed by atoms with Crippen LogP contribution in [0.1, 0.15) is 15.9 Å². The molecule has 6 nitrogen and oxygen atoms in total. The molecule has 0 radical (unpaired) electrons. The average molecular weight is 334 g/mol. The molecule has 0 aliphatic carbocycles. The van der Waals surface area contributed by atoms with Crippen molar-refractivity contribution in [3.8, 4) is 11.5 Å². The van der Waals surface area contributed by atoms with Gasteiger partial charge in [0.1, 0.15) is 0 Å². The highest BCUT2D eigenvalue weighted by atomic mass is 35.5. The number of benzene rings is 2. The Morgan fingerprint density at radius 1 is 1.22 bits per heavy atom.